The fourth-order valence-corrected chi connectivity index (χ4v) is 1.83. The van der Waals surface area contributed by atoms with Crippen molar-refractivity contribution in [3.8, 4) is 0 Å². The molecule has 0 spiro atoms. The van der Waals surface area contributed by atoms with Gasteiger partial charge in [0, 0.05) is 7.05 Å². The van der Waals surface area contributed by atoms with Crippen LogP contribution in [0.3, 0.4) is 0 Å². The molecule has 0 N–H and O–H groups in total. The van der Waals surface area contributed by atoms with Gasteiger partial charge in [0.1, 0.15) is 13.2 Å². The van der Waals surface area contributed by atoms with E-state index in [2.05, 4.69) is 6.58 Å². The van der Waals surface area contributed by atoms with Crippen molar-refractivity contribution in [2.75, 3.05) is 20.2 Å². The Bertz CT molecular complexity index is 304. The lowest BCUT2D eigenvalue weighted by Crippen LogP contribution is -2.25. The monoisotopic (exact) mass is 217 g/mol. The van der Waals surface area contributed by atoms with Crippen LogP contribution in [0, 0.1) is 0 Å². The van der Waals surface area contributed by atoms with Crippen molar-refractivity contribution in [1.82, 2.24) is 9.57 Å². The van der Waals surface area contributed by atoms with Crippen molar-refractivity contribution in [1.29, 1.82) is 0 Å². The Balaban J connectivity index is 2.67. The van der Waals surface area contributed by atoms with E-state index in [0.29, 0.717) is 4.67 Å². The molecule has 1 heterocycles. The molecule has 0 aliphatic carbocycles. The molecule has 6 nitrogen and oxygen atoms in total. The maximum Gasteiger partial charge on any atom is 0.658 e. The van der Waals surface area contributed by atoms with E-state index in [9.17, 15) is 14.2 Å². The Hall–Kier alpha value is -1.26. The van der Waals surface area contributed by atoms with Crippen LogP contribution < -0.4 is 0 Å². The zero-order valence-corrected chi connectivity index (χ0v) is 8.57. The fraction of sp³-hybridized carbons (Fsp3) is 0.429. The quantitative estimate of drug-likeness (QED) is 0.395. The third-order valence-electron chi connectivity index (χ3n) is 1.58. The number of urea groups is 1. The molecular weight excluding hydrogens is 207 g/mol. The van der Waals surface area contributed by atoms with E-state index < -0.39 is 20.1 Å². The average molecular weight is 217 g/mol. The van der Waals surface area contributed by atoms with Gasteiger partial charge in [-0.05, 0) is 9.24 Å². The summed E-state index contributed by atoms with van der Waals surface area (Å²) in [4.78, 5) is 23.6. The third-order valence-corrected chi connectivity index (χ3v) is 2.67. The van der Waals surface area contributed by atoms with Crippen LogP contribution in [0.4, 0.5) is 4.79 Å². The van der Waals surface area contributed by atoms with Crippen LogP contribution in [-0.4, -0.2) is 41.7 Å². The highest BCUT2D eigenvalue weighted by Gasteiger charge is 2.49. The van der Waals surface area contributed by atoms with Gasteiger partial charge in [-0.3, -0.25) is 4.79 Å². The first-order chi connectivity index (χ1) is 6.57. The molecule has 1 rings (SSSR count). The largest absolute Gasteiger partial charge is 0.658 e. The van der Waals surface area contributed by atoms with Crippen molar-refractivity contribution in [2.45, 2.75) is 0 Å². The number of carbonyl (C=O) groups is 2. The lowest BCUT2D eigenvalue weighted by molar-refractivity contribution is -0.122. The highest BCUT2D eigenvalue weighted by atomic mass is 31.1. The van der Waals surface area contributed by atoms with E-state index in [1.54, 1.807) is 0 Å². The molecule has 7 heteroatoms. The van der Waals surface area contributed by atoms with Crippen LogP contribution in [0.15, 0.2) is 12.7 Å². The smallest absolute Gasteiger partial charge is 0.315 e. The van der Waals surface area contributed by atoms with E-state index in [4.69, 9.17) is 4.52 Å². The second-order valence-corrected chi connectivity index (χ2v) is 3.80. The summed E-state index contributed by atoms with van der Waals surface area (Å²) in [6.45, 7) is 3.34. The van der Waals surface area contributed by atoms with Gasteiger partial charge in [-0.25, -0.2) is 4.79 Å². The second kappa shape index (κ2) is 4.30. The van der Waals surface area contributed by atoms with Crippen molar-refractivity contribution >= 4 is 20.1 Å². The summed E-state index contributed by atoms with van der Waals surface area (Å²) in [6.07, 6.45) is 1.39. The van der Waals surface area contributed by atoms with Gasteiger partial charge >= 0.3 is 14.2 Å². The second-order valence-electron chi connectivity index (χ2n) is 2.67. The minimum Gasteiger partial charge on any atom is -0.315 e. The van der Waals surface area contributed by atoms with Crippen LogP contribution in [0.2, 0.25) is 0 Å². The number of hydrogen-bond acceptors (Lipinski definition) is 4. The van der Waals surface area contributed by atoms with Crippen molar-refractivity contribution in [3.63, 3.8) is 0 Å². The standard InChI is InChI=1S/C7H10N2O4P/c1-3-4-13-14(12)9-6(10)5-8(2)7(9)11/h3H,1,4-5H2,2H3/q+1. The van der Waals surface area contributed by atoms with E-state index in [1.807, 2.05) is 0 Å². The molecule has 0 radical (unpaired) electrons. The van der Waals surface area contributed by atoms with E-state index in [-0.39, 0.29) is 13.2 Å². The maximum atomic E-state index is 11.3. The summed E-state index contributed by atoms with van der Waals surface area (Å²) in [6, 6.07) is -0.597. The first-order valence-corrected chi connectivity index (χ1v) is 5.00. The highest BCUT2D eigenvalue weighted by Crippen LogP contribution is 2.32. The van der Waals surface area contributed by atoms with Gasteiger partial charge in [-0.1, -0.05) is 6.08 Å². The van der Waals surface area contributed by atoms with Crippen molar-refractivity contribution in [3.05, 3.63) is 12.7 Å². The summed E-state index contributed by atoms with van der Waals surface area (Å²) in [7, 11) is -0.966. The molecule has 0 aromatic rings. The Morgan fingerprint density at radius 3 is 2.71 bits per heavy atom. The Morgan fingerprint density at radius 1 is 1.64 bits per heavy atom. The number of hydrogen-bond donors (Lipinski definition) is 0. The molecule has 1 unspecified atom stereocenters. The average Bonchev–Trinajstić information content (AvgIpc) is 2.38. The fourth-order valence-electron chi connectivity index (χ4n) is 0.941. The van der Waals surface area contributed by atoms with Gasteiger partial charge in [0.05, 0.1) is 0 Å². The van der Waals surface area contributed by atoms with Gasteiger partial charge in [-0.15, -0.1) is 11.1 Å². The molecule has 1 fully saturated rings. The first-order valence-electron chi connectivity index (χ1n) is 3.87. The van der Waals surface area contributed by atoms with Gasteiger partial charge in [0.2, 0.25) is 0 Å². The number of imide groups is 1. The Kier molecular flexibility index (Phi) is 3.33. The zero-order valence-electron chi connectivity index (χ0n) is 7.67. The Morgan fingerprint density at radius 2 is 2.29 bits per heavy atom. The van der Waals surface area contributed by atoms with Crippen LogP contribution >= 0.6 is 8.18 Å². The van der Waals surface area contributed by atoms with Crippen molar-refractivity contribution < 1.29 is 18.7 Å². The maximum absolute atomic E-state index is 11.3. The SMILES string of the molecule is C=CCO[P+](=O)N1C(=O)CN(C)C1=O. The molecule has 76 valence electrons. The third kappa shape index (κ3) is 1.97. The highest BCUT2D eigenvalue weighted by molar-refractivity contribution is 7.38. The van der Waals surface area contributed by atoms with Crippen molar-refractivity contribution in [2.24, 2.45) is 0 Å². The Labute approximate surface area is 82.0 Å². The number of likely N-dealkylation sites (N-methyl/N-ethyl adjacent to an activating group) is 1. The minimum absolute atomic E-state index is 0.0377. The predicted molar refractivity (Wildman–Crippen MR) is 48.6 cm³/mol. The number of amides is 3. The van der Waals surface area contributed by atoms with Gasteiger partial charge in [-0.2, -0.15) is 0 Å². The van der Waals surface area contributed by atoms with Crippen LogP contribution in [0.25, 0.3) is 0 Å². The lowest BCUT2D eigenvalue weighted by atomic mass is 10.6. The minimum atomic E-state index is -2.42. The number of nitrogens with zero attached hydrogens (tertiary/aromatic N) is 2. The number of rotatable bonds is 4. The molecule has 14 heavy (non-hydrogen) atoms. The summed E-state index contributed by atoms with van der Waals surface area (Å²) in [5.74, 6) is -0.511. The lowest BCUT2D eigenvalue weighted by Gasteiger charge is -2.01. The molecule has 1 aliphatic rings. The van der Waals surface area contributed by atoms with Gasteiger partial charge in [0.15, 0.2) is 0 Å². The summed E-state index contributed by atoms with van der Waals surface area (Å²) in [5, 5.41) is 0. The molecule has 1 aliphatic heterocycles. The molecule has 0 saturated carbocycles. The first kappa shape index (κ1) is 10.8. The molecular formula is C7H10N2O4P+. The topological polar surface area (TPSA) is 66.9 Å². The number of carbonyl (C=O) groups excluding carboxylic acids is 2. The normalized spacial score (nSPS) is 17.6. The summed E-state index contributed by atoms with van der Waals surface area (Å²) in [5.41, 5.74) is 0. The van der Waals surface area contributed by atoms with Gasteiger partial charge in [0.25, 0.3) is 5.91 Å². The summed E-state index contributed by atoms with van der Waals surface area (Å²) >= 11 is 0. The van der Waals surface area contributed by atoms with Crippen LogP contribution in [0.5, 0.6) is 0 Å². The van der Waals surface area contributed by atoms with Crippen LogP contribution in [0.1, 0.15) is 0 Å². The van der Waals surface area contributed by atoms with E-state index >= 15 is 0 Å². The van der Waals surface area contributed by atoms with Crippen LogP contribution in [-0.2, 0) is 13.9 Å². The summed E-state index contributed by atoms with van der Waals surface area (Å²) < 4.78 is 16.6. The zero-order chi connectivity index (χ0) is 10.7. The molecule has 3 amide bonds. The van der Waals surface area contributed by atoms with Gasteiger partial charge < -0.3 is 4.90 Å². The molecule has 0 aromatic carbocycles. The van der Waals surface area contributed by atoms with E-state index in [1.165, 1.54) is 18.0 Å². The molecule has 0 bridgehead atoms. The molecule has 0 aromatic heterocycles. The predicted octanol–water partition coefficient (Wildman–Crippen LogP) is 0.740. The molecule has 1 atom stereocenters. The molecule has 1 saturated heterocycles. The van der Waals surface area contributed by atoms with E-state index in [0.717, 1.165) is 0 Å².